The van der Waals surface area contributed by atoms with E-state index in [1.165, 1.54) is 0 Å². The highest BCUT2D eigenvalue weighted by atomic mass is 17.4. The Morgan fingerprint density at radius 1 is 1.60 bits per heavy atom. The smallest absolute Gasteiger partial charge is 0.237 e. The van der Waals surface area contributed by atoms with Crippen LogP contribution in [-0.2, 0) is 9.98 Å². The summed E-state index contributed by atoms with van der Waals surface area (Å²) in [5.41, 5.74) is 0. The molecular weight excluding hydrogens is 146 g/mol. The number of nitrogens with one attached hydrogen (secondary N) is 2. The second-order valence-corrected chi connectivity index (χ2v) is 1.28. The second-order valence-electron chi connectivity index (χ2n) is 1.28. The van der Waals surface area contributed by atoms with Crippen LogP contribution in [0.5, 0.6) is 0 Å². The van der Waals surface area contributed by atoms with E-state index in [4.69, 9.17) is 17.5 Å². The molecule has 0 saturated carbocycles. The average molecular weight is 154 g/mol. The molecule has 0 rings (SSSR count). The van der Waals surface area contributed by atoms with Gasteiger partial charge in [0, 0.05) is 4.99 Å². The van der Waals surface area contributed by atoms with E-state index in [0.29, 0.717) is 0 Å². The fourth-order valence-corrected chi connectivity index (χ4v) is 0.113. The number of quaternary nitrogens is 2. The summed E-state index contributed by atoms with van der Waals surface area (Å²) in [5.74, 6) is 20.4. The third-order valence-corrected chi connectivity index (χ3v) is 0.374. The average Bonchev–Trinajstić information content (AvgIpc) is 1.85. The van der Waals surface area contributed by atoms with Gasteiger partial charge in [-0.05, 0) is 0 Å². The lowest BCUT2D eigenvalue weighted by molar-refractivity contribution is -1.28. The van der Waals surface area contributed by atoms with Gasteiger partial charge in [0.25, 0.3) is 0 Å². The molecule has 10 nitrogen and oxygen atoms in total. The van der Waals surface area contributed by atoms with Gasteiger partial charge in [-0.25, -0.2) is 0 Å². The van der Waals surface area contributed by atoms with Gasteiger partial charge in [-0.2, -0.15) is 5.84 Å². The van der Waals surface area contributed by atoms with Crippen LogP contribution >= 0.6 is 0 Å². The molecule has 0 saturated heterocycles. The number of hydrogen-bond acceptors (Lipinski definition) is 7. The topological polar surface area (TPSA) is 154 Å². The molecule has 10 heteroatoms. The Hall–Kier alpha value is -0.720. The minimum Gasteiger partial charge on any atom is -0.410 e. The molecule has 0 heterocycles. The molecule has 0 aromatic rings. The van der Waals surface area contributed by atoms with Crippen LogP contribution in [0.3, 0.4) is 0 Å². The maximum Gasteiger partial charge on any atom is 0.237 e. The number of nitrogens with two attached hydrogens (primary N) is 3. The lowest BCUT2D eigenvalue weighted by atomic mass is 12.1. The van der Waals surface area contributed by atoms with Crippen LogP contribution in [0.1, 0.15) is 0 Å². The van der Waals surface area contributed by atoms with Crippen molar-refractivity contribution in [1.82, 2.24) is 0 Å². The number of rotatable bonds is 4. The summed E-state index contributed by atoms with van der Waals surface area (Å²) >= 11 is 0. The molecule has 1 unspecified atom stereocenters. The molecule has 0 fully saturated rings. The molecule has 1 atom stereocenters. The molecule has 0 aliphatic heterocycles. The Morgan fingerprint density at radius 3 is 2.40 bits per heavy atom. The first-order chi connectivity index (χ1) is 4.48. The fourth-order valence-electron chi connectivity index (χ4n) is 0.113. The minimum absolute atomic E-state index is 0.790. The SMILES string of the molecule is [NH-][NH+](N)OO[N+](N)(N)N=O. The molecule has 0 aromatic heterocycles. The van der Waals surface area contributed by atoms with E-state index in [2.05, 4.69) is 15.8 Å². The quantitative estimate of drug-likeness (QED) is 0.109. The normalized spacial score (nSPS) is 14.8. The molecule has 0 radical (unpaired) electrons. The first kappa shape index (κ1) is 9.28. The van der Waals surface area contributed by atoms with Crippen molar-refractivity contribution < 1.29 is 20.2 Å². The Labute approximate surface area is 55.1 Å². The summed E-state index contributed by atoms with van der Waals surface area (Å²) in [6, 6.07) is 0. The van der Waals surface area contributed by atoms with Crippen LogP contribution in [-0.4, -0.2) is 4.97 Å². The van der Waals surface area contributed by atoms with Gasteiger partial charge in [0.05, 0.1) is 4.99 Å². The zero-order valence-corrected chi connectivity index (χ0v) is 4.85. The van der Waals surface area contributed by atoms with Crippen molar-refractivity contribution in [3.8, 4) is 0 Å². The van der Waals surface area contributed by atoms with Gasteiger partial charge in [0.15, 0.2) is 4.97 Å². The van der Waals surface area contributed by atoms with Crippen molar-refractivity contribution in [2.75, 3.05) is 0 Å². The lowest BCUT2D eigenvalue weighted by Crippen LogP contribution is -3.11. The van der Waals surface area contributed by atoms with E-state index in [1.807, 2.05) is 5.29 Å². The van der Waals surface area contributed by atoms with Crippen molar-refractivity contribution in [1.29, 1.82) is 0 Å². The Morgan fingerprint density at radius 2 is 2.10 bits per heavy atom. The van der Waals surface area contributed by atoms with E-state index >= 15 is 0 Å². The van der Waals surface area contributed by atoms with Crippen molar-refractivity contribution in [2.24, 2.45) is 22.8 Å². The van der Waals surface area contributed by atoms with Crippen LogP contribution < -0.4 is 22.8 Å². The summed E-state index contributed by atoms with van der Waals surface area (Å²) in [7, 11) is 0. The largest absolute Gasteiger partial charge is 0.410 e. The maximum atomic E-state index is 9.60. The monoisotopic (exact) mass is 154 g/mol. The number of nitroso groups, excluding NO2 is 1. The molecule has 0 amide bonds. The highest BCUT2D eigenvalue weighted by molar-refractivity contribution is 3.89. The van der Waals surface area contributed by atoms with Crippen LogP contribution in [0.15, 0.2) is 5.29 Å². The minimum atomic E-state index is -1.71. The first-order valence-corrected chi connectivity index (χ1v) is 1.99. The fraction of sp³-hybridized carbons (Fsp3) is 0. The lowest BCUT2D eigenvalue weighted by Gasteiger charge is -2.12. The maximum absolute atomic E-state index is 9.60. The number of nitrogens with zero attached hydrogens (tertiary/aromatic N) is 2. The third-order valence-electron chi connectivity index (χ3n) is 0.374. The van der Waals surface area contributed by atoms with Crippen molar-refractivity contribution in [3.05, 3.63) is 10.7 Å². The standard InChI is InChI=1S/H8N7O3/c1-6(2)9-10-7(3,4)5-8/h1,6H,2-4H2/q+1. The van der Waals surface area contributed by atoms with E-state index < -0.39 is 10.3 Å². The molecule has 10 heavy (non-hydrogen) atoms. The Balaban J connectivity index is 3.56. The molecular formula is H8N7O3+. The highest BCUT2D eigenvalue weighted by Crippen LogP contribution is 1.86. The van der Waals surface area contributed by atoms with E-state index in [0.717, 1.165) is 0 Å². The summed E-state index contributed by atoms with van der Waals surface area (Å²) in [6.45, 7) is 0. The van der Waals surface area contributed by atoms with Crippen molar-refractivity contribution >= 4 is 0 Å². The van der Waals surface area contributed by atoms with Crippen molar-refractivity contribution in [2.45, 2.75) is 0 Å². The van der Waals surface area contributed by atoms with Gasteiger partial charge in [-0.1, -0.05) is 16.6 Å². The van der Waals surface area contributed by atoms with Gasteiger partial charge in [-0.3, -0.25) is 0 Å². The van der Waals surface area contributed by atoms with Gasteiger partial charge >= 0.3 is 0 Å². The molecule has 60 valence electrons. The Kier molecular flexibility index (Phi) is 3.20. The van der Waals surface area contributed by atoms with E-state index in [1.54, 1.807) is 0 Å². The van der Waals surface area contributed by atoms with Crippen LogP contribution in [0.4, 0.5) is 0 Å². The van der Waals surface area contributed by atoms with Crippen LogP contribution in [0.25, 0.3) is 5.84 Å². The second kappa shape index (κ2) is 3.45. The van der Waals surface area contributed by atoms with Crippen LogP contribution in [0.2, 0.25) is 0 Å². The van der Waals surface area contributed by atoms with Crippen molar-refractivity contribution in [3.63, 3.8) is 0 Å². The summed E-state index contributed by atoms with van der Waals surface area (Å²) in [4.78, 5) is 15.5. The van der Waals surface area contributed by atoms with Gasteiger partial charge in [0.2, 0.25) is 5.29 Å². The first-order valence-electron chi connectivity index (χ1n) is 1.99. The van der Waals surface area contributed by atoms with Crippen LogP contribution in [0, 0.1) is 4.91 Å². The molecule has 8 N–H and O–H groups in total. The summed E-state index contributed by atoms with van der Waals surface area (Å²) < 4.78 is 0. The van der Waals surface area contributed by atoms with E-state index in [-0.39, 0.29) is 0 Å². The van der Waals surface area contributed by atoms with Gasteiger partial charge in [-0.15, -0.1) is 5.28 Å². The molecule has 0 spiro atoms. The number of hydrogen-bond donors (Lipinski definition) is 4. The zero-order chi connectivity index (χ0) is 8.20. The van der Waals surface area contributed by atoms with Gasteiger partial charge in [0.1, 0.15) is 0 Å². The molecule has 0 aliphatic carbocycles. The predicted octanol–water partition coefficient (Wildman–Crippen LogP) is -3.26. The Bertz CT molecular complexity index is 107. The molecule has 0 bridgehead atoms. The predicted molar refractivity (Wildman–Crippen MR) is 26.1 cm³/mol. The van der Waals surface area contributed by atoms with Gasteiger partial charge < -0.3 is 5.84 Å². The summed E-state index contributed by atoms with van der Waals surface area (Å²) in [5, 5.41) is 1.25. The third kappa shape index (κ3) is 4.19. The molecule has 0 aromatic carbocycles. The molecule has 0 aliphatic rings. The van der Waals surface area contributed by atoms with E-state index in [9.17, 15) is 4.91 Å². The summed E-state index contributed by atoms with van der Waals surface area (Å²) in [6.07, 6.45) is 0. The zero-order valence-electron chi connectivity index (χ0n) is 4.85. The highest BCUT2D eigenvalue weighted by Gasteiger charge is 2.24.